The van der Waals surface area contributed by atoms with E-state index in [0.29, 0.717) is 31.2 Å². The van der Waals surface area contributed by atoms with Crippen LogP contribution in [0.5, 0.6) is 5.75 Å². The fourth-order valence-electron chi connectivity index (χ4n) is 2.61. The van der Waals surface area contributed by atoms with E-state index in [1.807, 2.05) is 7.05 Å². The van der Waals surface area contributed by atoms with Crippen molar-refractivity contribution in [3.63, 3.8) is 0 Å². The molecule has 1 N–H and O–H groups in total. The number of para-hydroxylation sites is 1. The summed E-state index contributed by atoms with van der Waals surface area (Å²) in [6, 6.07) is 4.49. The second-order valence-electron chi connectivity index (χ2n) is 5.01. The molecule has 0 aromatic heterocycles. The molecule has 110 valence electrons. The van der Waals surface area contributed by atoms with Crippen LogP contribution in [0.1, 0.15) is 23.7 Å². The van der Waals surface area contributed by atoms with Crippen molar-refractivity contribution in [1.29, 1.82) is 0 Å². The van der Waals surface area contributed by atoms with Crippen molar-refractivity contribution in [3.8, 4) is 5.75 Å². The number of likely N-dealkylation sites (tertiary alicyclic amines) is 1. The normalized spacial score (nSPS) is 18.4. The van der Waals surface area contributed by atoms with Gasteiger partial charge in [-0.25, -0.2) is 4.39 Å². The highest BCUT2D eigenvalue weighted by molar-refractivity contribution is 5.97. The first-order valence-corrected chi connectivity index (χ1v) is 7.02. The van der Waals surface area contributed by atoms with E-state index >= 15 is 0 Å². The number of ether oxygens (including phenoxy) is 1. The summed E-state index contributed by atoms with van der Waals surface area (Å²) in [5.41, 5.74) is 0.317. The van der Waals surface area contributed by atoms with Gasteiger partial charge in [-0.2, -0.15) is 0 Å². The molecule has 4 nitrogen and oxygen atoms in total. The van der Waals surface area contributed by atoms with E-state index in [9.17, 15) is 9.18 Å². The topological polar surface area (TPSA) is 41.6 Å². The van der Waals surface area contributed by atoms with Crippen LogP contribution >= 0.6 is 0 Å². The summed E-state index contributed by atoms with van der Waals surface area (Å²) < 4.78 is 19.1. The Hall–Kier alpha value is -1.62. The van der Waals surface area contributed by atoms with Gasteiger partial charge in [-0.05, 0) is 45.0 Å². The molecular weight excluding hydrogens is 259 g/mol. The molecule has 1 aliphatic heterocycles. The van der Waals surface area contributed by atoms with Gasteiger partial charge in [0.05, 0.1) is 12.2 Å². The standard InChI is InChI=1S/C15H21FN2O2/c1-3-20-14-12(5-4-6-13(14)16)15(19)18-8-7-11(10-18)9-17-2/h4-6,11,17H,3,7-10H2,1-2H3. The molecule has 1 fully saturated rings. The van der Waals surface area contributed by atoms with Crippen molar-refractivity contribution in [2.45, 2.75) is 13.3 Å². The second kappa shape index (κ2) is 6.70. The smallest absolute Gasteiger partial charge is 0.257 e. The third-order valence-corrected chi connectivity index (χ3v) is 3.55. The van der Waals surface area contributed by atoms with Crippen LogP contribution in [0.4, 0.5) is 4.39 Å². The second-order valence-corrected chi connectivity index (χ2v) is 5.01. The molecular formula is C15H21FN2O2. The zero-order valence-corrected chi connectivity index (χ0v) is 12.0. The number of benzene rings is 1. The Morgan fingerprint density at radius 2 is 2.35 bits per heavy atom. The predicted molar refractivity (Wildman–Crippen MR) is 75.5 cm³/mol. The first-order chi connectivity index (χ1) is 9.67. The van der Waals surface area contributed by atoms with Crippen LogP contribution in [-0.2, 0) is 0 Å². The van der Waals surface area contributed by atoms with Crippen LogP contribution in [-0.4, -0.2) is 44.1 Å². The monoisotopic (exact) mass is 280 g/mol. The van der Waals surface area contributed by atoms with Gasteiger partial charge in [0.1, 0.15) is 0 Å². The predicted octanol–water partition coefficient (Wildman–Crippen LogP) is 1.91. The largest absolute Gasteiger partial charge is 0.490 e. The summed E-state index contributed by atoms with van der Waals surface area (Å²) in [5.74, 6) is -0.0969. The molecule has 1 aromatic carbocycles. The average Bonchev–Trinajstić information content (AvgIpc) is 2.89. The number of halogens is 1. The van der Waals surface area contributed by atoms with Gasteiger partial charge >= 0.3 is 0 Å². The summed E-state index contributed by atoms with van der Waals surface area (Å²) >= 11 is 0. The van der Waals surface area contributed by atoms with Crippen molar-refractivity contribution in [3.05, 3.63) is 29.6 Å². The van der Waals surface area contributed by atoms with E-state index in [4.69, 9.17) is 4.74 Å². The average molecular weight is 280 g/mol. The van der Waals surface area contributed by atoms with Crippen LogP contribution in [0, 0.1) is 11.7 Å². The Morgan fingerprint density at radius 3 is 3.05 bits per heavy atom. The Bertz CT molecular complexity index is 479. The molecule has 0 spiro atoms. The fourth-order valence-corrected chi connectivity index (χ4v) is 2.61. The van der Waals surface area contributed by atoms with Gasteiger partial charge < -0.3 is 15.0 Å². The third kappa shape index (κ3) is 3.10. The molecule has 1 aliphatic rings. The molecule has 0 radical (unpaired) electrons. The summed E-state index contributed by atoms with van der Waals surface area (Å²) in [6.07, 6.45) is 0.978. The minimum atomic E-state index is -0.483. The van der Waals surface area contributed by atoms with Crippen LogP contribution in [0.25, 0.3) is 0 Å². The quantitative estimate of drug-likeness (QED) is 0.896. The first-order valence-electron chi connectivity index (χ1n) is 7.02. The first kappa shape index (κ1) is 14.8. The molecule has 2 rings (SSSR count). The molecule has 1 amide bonds. The zero-order chi connectivity index (χ0) is 14.5. The maximum atomic E-state index is 13.8. The Balaban J connectivity index is 2.15. The molecule has 1 unspecified atom stereocenters. The van der Waals surface area contributed by atoms with Crippen molar-refractivity contribution >= 4 is 5.91 Å². The van der Waals surface area contributed by atoms with E-state index in [-0.39, 0.29) is 11.7 Å². The molecule has 0 bridgehead atoms. The van der Waals surface area contributed by atoms with Gasteiger partial charge in [-0.15, -0.1) is 0 Å². The van der Waals surface area contributed by atoms with Gasteiger partial charge in [0, 0.05) is 13.1 Å². The van der Waals surface area contributed by atoms with Gasteiger partial charge in [0.2, 0.25) is 0 Å². The Kier molecular flexibility index (Phi) is 4.95. The summed E-state index contributed by atoms with van der Waals surface area (Å²) in [7, 11) is 1.91. The molecule has 1 aromatic rings. The molecule has 1 heterocycles. The van der Waals surface area contributed by atoms with E-state index in [1.54, 1.807) is 24.0 Å². The maximum absolute atomic E-state index is 13.8. The van der Waals surface area contributed by atoms with Crippen LogP contribution in [0.2, 0.25) is 0 Å². The van der Waals surface area contributed by atoms with Crippen molar-refractivity contribution < 1.29 is 13.9 Å². The number of rotatable bonds is 5. The highest BCUT2D eigenvalue weighted by Gasteiger charge is 2.28. The number of amides is 1. The van der Waals surface area contributed by atoms with Crippen molar-refractivity contribution in [2.24, 2.45) is 5.92 Å². The lowest BCUT2D eigenvalue weighted by molar-refractivity contribution is 0.0782. The van der Waals surface area contributed by atoms with Gasteiger partial charge in [0.25, 0.3) is 5.91 Å². The number of nitrogens with zero attached hydrogens (tertiary/aromatic N) is 1. The van der Waals surface area contributed by atoms with E-state index in [0.717, 1.165) is 13.0 Å². The lowest BCUT2D eigenvalue weighted by atomic mass is 10.1. The molecule has 0 aliphatic carbocycles. The fraction of sp³-hybridized carbons (Fsp3) is 0.533. The minimum Gasteiger partial charge on any atom is -0.490 e. The maximum Gasteiger partial charge on any atom is 0.257 e. The van der Waals surface area contributed by atoms with Crippen molar-refractivity contribution in [2.75, 3.05) is 33.3 Å². The number of hydrogen-bond donors (Lipinski definition) is 1. The van der Waals surface area contributed by atoms with Gasteiger partial charge in [-0.3, -0.25) is 4.79 Å². The third-order valence-electron chi connectivity index (χ3n) is 3.55. The van der Waals surface area contributed by atoms with E-state index in [2.05, 4.69) is 5.32 Å². The highest BCUT2D eigenvalue weighted by Crippen LogP contribution is 2.26. The summed E-state index contributed by atoms with van der Waals surface area (Å²) in [4.78, 5) is 14.3. The Labute approximate surface area is 118 Å². The Morgan fingerprint density at radius 1 is 1.55 bits per heavy atom. The number of carbonyl (C=O) groups is 1. The lowest BCUT2D eigenvalue weighted by Crippen LogP contribution is -2.30. The van der Waals surface area contributed by atoms with E-state index < -0.39 is 5.82 Å². The van der Waals surface area contributed by atoms with Crippen LogP contribution < -0.4 is 10.1 Å². The van der Waals surface area contributed by atoms with Crippen LogP contribution in [0.3, 0.4) is 0 Å². The number of nitrogens with one attached hydrogen (secondary N) is 1. The molecule has 0 saturated carbocycles. The highest BCUT2D eigenvalue weighted by atomic mass is 19.1. The number of carbonyl (C=O) groups excluding carboxylic acids is 1. The van der Waals surface area contributed by atoms with Gasteiger partial charge in [-0.1, -0.05) is 6.07 Å². The lowest BCUT2D eigenvalue weighted by Gasteiger charge is -2.18. The molecule has 20 heavy (non-hydrogen) atoms. The summed E-state index contributed by atoms with van der Waals surface area (Å²) in [6.45, 7) is 4.43. The molecule has 5 heteroatoms. The SMILES string of the molecule is CCOc1c(F)cccc1C(=O)N1CCC(CNC)C1. The van der Waals surface area contributed by atoms with E-state index in [1.165, 1.54) is 6.07 Å². The van der Waals surface area contributed by atoms with Gasteiger partial charge in [0.15, 0.2) is 11.6 Å². The summed E-state index contributed by atoms with van der Waals surface area (Å²) in [5, 5.41) is 3.13. The molecule has 1 saturated heterocycles. The minimum absolute atomic E-state index is 0.0667. The number of hydrogen-bond acceptors (Lipinski definition) is 3. The molecule has 1 atom stereocenters. The van der Waals surface area contributed by atoms with Crippen LogP contribution in [0.15, 0.2) is 18.2 Å². The zero-order valence-electron chi connectivity index (χ0n) is 12.0. The van der Waals surface area contributed by atoms with Crippen molar-refractivity contribution in [1.82, 2.24) is 10.2 Å².